The van der Waals surface area contributed by atoms with E-state index in [-0.39, 0.29) is 23.8 Å². The number of carbonyl (C=O) groups is 2. The molecule has 0 atom stereocenters. The highest BCUT2D eigenvalue weighted by Gasteiger charge is 2.17. The first-order valence-electron chi connectivity index (χ1n) is 8.01. The Morgan fingerprint density at radius 2 is 1.56 bits per heavy atom. The van der Waals surface area contributed by atoms with Crippen molar-refractivity contribution in [3.63, 3.8) is 0 Å². The van der Waals surface area contributed by atoms with Crippen LogP contribution in [0.3, 0.4) is 0 Å². The fraction of sp³-hybridized carbons (Fsp3) is 0.222. The fourth-order valence-corrected chi connectivity index (χ4v) is 2.44. The van der Waals surface area contributed by atoms with E-state index in [1.807, 2.05) is 0 Å². The van der Waals surface area contributed by atoms with Gasteiger partial charge in [0, 0.05) is 5.02 Å². The number of carbonyl (C=O) groups excluding carboxylic acids is 2. The van der Waals surface area contributed by atoms with Gasteiger partial charge in [-0.3, -0.25) is 14.5 Å². The highest BCUT2D eigenvalue weighted by atomic mass is 35.5. The molecule has 2 aromatic carbocycles. The summed E-state index contributed by atoms with van der Waals surface area (Å²) in [5.41, 5.74) is -0.634. The van der Waals surface area contributed by atoms with Gasteiger partial charge in [-0.1, -0.05) is 24.6 Å². The van der Waals surface area contributed by atoms with Crippen LogP contribution in [0.1, 0.15) is 6.92 Å². The molecule has 2 amide bonds. The second kappa shape index (κ2) is 9.38. The van der Waals surface area contributed by atoms with Crippen molar-refractivity contribution in [3.8, 4) is 0 Å². The lowest BCUT2D eigenvalue weighted by atomic mass is 10.3. The number of rotatable bonds is 7. The number of likely N-dealkylation sites (N-methyl/N-ethyl adjacent to an activating group) is 1. The molecule has 5 nitrogen and oxygen atoms in total. The van der Waals surface area contributed by atoms with E-state index in [1.54, 1.807) is 6.92 Å². The Bertz CT molecular complexity index is 828. The maximum atomic E-state index is 13.7. The monoisotopic (exact) mass is 399 g/mol. The maximum absolute atomic E-state index is 13.7. The minimum absolute atomic E-state index is 0.0820. The van der Waals surface area contributed by atoms with Gasteiger partial charge < -0.3 is 10.6 Å². The first-order chi connectivity index (χ1) is 12.8. The summed E-state index contributed by atoms with van der Waals surface area (Å²) in [6.07, 6.45) is 0. The summed E-state index contributed by atoms with van der Waals surface area (Å²) >= 11 is 5.76. The van der Waals surface area contributed by atoms with Gasteiger partial charge in [0.05, 0.1) is 18.8 Å². The molecule has 9 heteroatoms. The van der Waals surface area contributed by atoms with Gasteiger partial charge in [0.1, 0.15) is 23.1 Å². The van der Waals surface area contributed by atoms with Crippen molar-refractivity contribution in [2.24, 2.45) is 0 Å². The standard InChI is InChI=1S/C18H17ClF3N3O2/c1-2-25(9-16(26)23-15-8-11(19)6-7-12(15)20)10-17(27)24-18-13(21)4-3-5-14(18)22/h3-8H,2,9-10H2,1H3,(H,23,26)(H,24,27). The van der Waals surface area contributed by atoms with Crippen molar-refractivity contribution in [2.75, 3.05) is 30.3 Å². The van der Waals surface area contributed by atoms with Gasteiger partial charge >= 0.3 is 0 Å². The van der Waals surface area contributed by atoms with Gasteiger partial charge in [0.15, 0.2) is 0 Å². The van der Waals surface area contributed by atoms with Gasteiger partial charge in [-0.25, -0.2) is 13.2 Å². The molecule has 0 aliphatic heterocycles. The van der Waals surface area contributed by atoms with Crippen LogP contribution in [0.5, 0.6) is 0 Å². The zero-order valence-electron chi connectivity index (χ0n) is 14.4. The number of anilines is 2. The van der Waals surface area contributed by atoms with E-state index in [4.69, 9.17) is 11.6 Å². The third-order valence-corrected chi connectivity index (χ3v) is 3.85. The number of nitrogens with one attached hydrogen (secondary N) is 2. The Morgan fingerprint density at radius 3 is 2.15 bits per heavy atom. The molecule has 2 aromatic rings. The minimum Gasteiger partial charge on any atom is -0.322 e. The topological polar surface area (TPSA) is 61.4 Å². The maximum Gasteiger partial charge on any atom is 0.238 e. The molecule has 27 heavy (non-hydrogen) atoms. The Kier molecular flexibility index (Phi) is 7.20. The normalized spacial score (nSPS) is 10.7. The second-order valence-electron chi connectivity index (χ2n) is 5.62. The van der Waals surface area contributed by atoms with Crippen LogP contribution in [0, 0.1) is 17.5 Å². The minimum atomic E-state index is -0.902. The molecule has 0 saturated heterocycles. The molecule has 0 saturated carbocycles. The average molecular weight is 400 g/mol. The molecule has 0 bridgehead atoms. The van der Waals surface area contributed by atoms with E-state index >= 15 is 0 Å². The summed E-state index contributed by atoms with van der Waals surface area (Å²) < 4.78 is 40.8. The summed E-state index contributed by atoms with van der Waals surface area (Å²) in [5, 5.41) is 4.76. The largest absolute Gasteiger partial charge is 0.322 e. The number of benzene rings is 2. The summed E-state index contributed by atoms with van der Waals surface area (Å²) in [4.78, 5) is 25.5. The molecule has 2 N–H and O–H groups in total. The highest BCUT2D eigenvalue weighted by molar-refractivity contribution is 6.30. The first-order valence-corrected chi connectivity index (χ1v) is 8.39. The zero-order chi connectivity index (χ0) is 20.0. The number of nitrogens with zero attached hydrogens (tertiary/aromatic N) is 1. The zero-order valence-corrected chi connectivity index (χ0v) is 15.1. The molecule has 0 aromatic heterocycles. The van der Waals surface area contributed by atoms with E-state index in [2.05, 4.69) is 10.6 Å². The number of hydrogen-bond acceptors (Lipinski definition) is 3. The third-order valence-electron chi connectivity index (χ3n) is 3.61. The van der Waals surface area contributed by atoms with E-state index in [1.165, 1.54) is 23.1 Å². The Balaban J connectivity index is 1.95. The van der Waals surface area contributed by atoms with Crippen LogP contribution < -0.4 is 10.6 Å². The first kappa shape index (κ1) is 20.7. The van der Waals surface area contributed by atoms with Gasteiger partial charge in [0.25, 0.3) is 0 Å². The van der Waals surface area contributed by atoms with Crippen LogP contribution in [0.25, 0.3) is 0 Å². The number of amides is 2. The quantitative estimate of drug-likeness (QED) is 0.747. The summed E-state index contributed by atoms with van der Waals surface area (Å²) in [7, 11) is 0. The van der Waals surface area contributed by atoms with Crippen molar-refractivity contribution >= 4 is 34.8 Å². The Hall–Kier alpha value is -2.58. The van der Waals surface area contributed by atoms with E-state index in [0.29, 0.717) is 6.54 Å². The molecular weight excluding hydrogens is 383 g/mol. The number of halogens is 4. The Morgan fingerprint density at radius 1 is 0.963 bits per heavy atom. The molecule has 0 aliphatic carbocycles. The van der Waals surface area contributed by atoms with Crippen molar-refractivity contribution in [2.45, 2.75) is 6.92 Å². The molecule has 0 aliphatic rings. The molecule has 0 heterocycles. The highest BCUT2D eigenvalue weighted by Crippen LogP contribution is 2.20. The number of hydrogen-bond donors (Lipinski definition) is 2. The van der Waals surface area contributed by atoms with Crippen LogP contribution in [0.15, 0.2) is 36.4 Å². The van der Waals surface area contributed by atoms with Gasteiger partial charge in [-0.2, -0.15) is 0 Å². The average Bonchev–Trinajstić information content (AvgIpc) is 2.61. The molecule has 0 fully saturated rings. The Labute approximate surface area is 159 Å². The summed E-state index contributed by atoms with van der Waals surface area (Å²) in [6, 6.07) is 6.94. The molecule has 0 radical (unpaired) electrons. The van der Waals surface area contributed by atoms with Gasteiger partial charge in [-0.05, 0) is 36.9 Å². The van der Waals surface area contributed by atoms with Crippen LogP contribution in [-0.2, 0) is 9.59 Å². The van der Waals surface area contributed by atoms with Crippen molar-refractivity contribution < 1.29 is 22.8 Å². The third kappa shape index (κ3) is 5.97. The second-order valence-corrected chi connectivity index (χ2v) is 6.06. The predicted octanol–water partition coefficient (Wildman–Crippen LogP) is 3.66. The fourth-order valence-electron chi connectivity index (χ4n) is 2.26. The molecule has 2 rings (SSSR count). The van der Waals surface area contributed by atoms with E-state index in [9.17, 15) is 22.8 Å². The lowest BCUT2D eigenvalue weighted by molar-refractivity contribution is -0.120. The van der Waals surface area contributed by atoms with Crippen LogP contribution >= 0.6 is 11.6 Å². The summed E-state index contributed by atoms with van der Waals surface area (Å²) in [5.74, 6) is -3.71. The van der Waals surface area contributed by atoms with Crippen LogP contribution in [-0.4, -0.2) is 36.3 Å². The van der Waals surface area contributed by atoms with Crippen molar-refractivity contribution in [1.82, 2.24) is 4.90 Å². The van der Waals surface area contributed by atoms with Crippen LogP contribution in [0.4, 0.5) is 24.5 Å². The van der Waals surface area contributed by atoms with Gasteiger partial charge in [0.2, 0.25) is 11.8 Å². The van der Waals surface area contributed by atoms with Gasteiger partial charge in [-0.15, -0.1) is 0 Å². The molecular formula is C18H17ClF3N3O2. The van der Waals surface area contributed by atoms with Crippen molar-refractivity contribution in [3.05, 3.63) is 58.9 Å². The molecule has 0 spiro atoms. The lowest BCUT2D eigenvalue weighted by Crippen LogP contribution is -2.39. The van der Waals surface area contributed by atoms with Crippen molar-refractivity contribution in [1.29, 1.82) is 0 Å². The predicted molar refractivity (Wildman–Crippen MR) is 97.1 cm³/mol. The van der Waals surface area contributed by atoms with Crippen LogP contribution in [0.2, 0.25) is 5.02 Å². The molecule has 144 valence electrons. The van der Waals surface area contributed by atoms with E-state index < -0.39 is 35.0 Å². The lowest BCUT2D eigenvalue weighted by Gasteiger charge is -2.19. The SMILES string of the molecule is CCN(CC(=O)Nc1cc(Cl)ccc1F)CC(=O)Nc1c(F)cccc1F. The molecule has 0 unspecified atom stereocenters. The smallest absolute Gasteiger partial charge is 0.238 e. The van der Waals surface area contributed by atoms with E-state index in [0.717, 1.165) is 18.2 Å². The summed E-state index contributed by atoms with van der Waals surface area (Å²) in [6.45, 7) is 1.49. The number of para-hydroxylation sites is 1.